The average molecular weight is 416 g/mol. The van der Waals surface area contributed by atoms with Gasteiger partial charge in [0, 0.05) is 43.5 Å². The summed E-state index contributed by atoms with van der Waals surface area (Å²) in [7, 11) is 2.20. The second-order valence-corrected chi connectivity index (χ2v) is 8.96. The fraction of sp³-hybridized carbons (Fsp3) is 0.429. The van der Waals surface area contributed by atoms with Crippen molar-refractivity contribution >= 4 is 39.0 Å². The zero-order valence-corrected chi connectivity index (χ0v) is 17.9. The first-order valence-electron chi connectivity index (χ1n) is 9.78. The minimum absolute atomic E-state index is 0.586. The Morgan fingerprint density at radius 3 is 2.96 bits per heavy atom. The molecule has 0 radical (unpaired) electrons. The van der Waals surface area contributed by atoms with Gasteiger partial charge in [-0.2, -0.15) is 0 Å². The maximum absolute atomic E-state index is 6.39. The van der Waals surface area contributed by atoms with Crippen molar-refractivity contribution in [3.8, 4) is 10.6 Å². The van der Waals surface area contributed by atoms with Gasteiger partial charge < -0.3 is 10.2 Å². The molecule has 1 N–H and O–H groups in total. The van der Waals surface area contributed by atoms with Crippen LogP contribution < -0.4 is 5.32 Å². The molecule has 4 rings (SSSR count). The van der Waals surface area contributed by atoms with Gasteiger partial charge in [0.1, 0.15) is 5.69 Å². The van der Waals surface area contributed by atoms with Gasteiger partial charge in [-0.3, -0.25) is 4.90 Å². The molecule has 0 spiro atoms. The largest absolute Gasteiger partial charge is 0.354 e. The quantitative estimate of drug-likeness (QED) is 0.602. The molecule has 1 saturated heterocycles. The van der Waals surface area contributed by atoms with Crippen LogP contribution >= 0.6 is 22.9 Å². The molecule has 0 aliphatic carbocycles. The molecule has 7 heteroatoms. The van der Waals surface area contributed by atoms with Gasteiger partial charge in [0.25, 0.3) is 0 Å². The van der Waals surface area contributed by atoms with E-state index < -0.39 is 0 Å². The fourth-order valence-electron chi connectivity index (χ4n) is 3.72. The van der Waals surface area contributed by atoms with Crippen molar-refractivity contribution in [2.24, 2.45) is 0 Å². The zero-order valence-electron chi connectivity index (χ0n) is 16.4. The van der Waals surface area contributed by atoms with Gasteiger partial charge in [-0.15, -0.1) is 11.3 Å². The number of aromatic nitrogens is 2. The lowest BCUT2D eigenvalue weighted by atomic mass is 10.2. The third kappa shape index (κ3) is 4.46. The lowest BCUT2D eigenvalue weighted by molar-refractivity contribution is 0.1000. The SMILES string of the molecule is C[C@@H]1CN(C)CCN1CCCNc1ncc(Cl)c(-c2cc3ccccc3s2)n1. The van der Waals surface area contributed by atoms with Crippen LogP contribution in [-0.2, 0) is 0 Å². The van der Waals surface area contributed by atoms with E-state index in [0.29, 0.717) is 17.0 Å². The predicted octanol–water partition coefficient (Wildman–Crippen LogP) is 4.45. The summed E-state index contributed by atoms with van der Waals surface area (Å²) in [5.41, 5.74) is 0.799. The first-order chi connectivity index (χ1) is 13.6. The number of piperazine rings is 1. The number of fused-ring (bicyclic) bond motifs is 1. The van der Waals surface area contributed by atoms with Crippen LogP contribution in [0.4, 0.5) is 5.95 Å². The molecule has 28 heavy (non-hydrogen) atoms. The van der Waals surface area contributed by atoms with Crippen molar-refractivity contribution in [3.63, 3.8) is 0 Å². The third-order valence-electron chi connectivity index (χ3n) is 5.28. The third-order valence-corrected chi connectivity index (χ3v) is 6.68. The molecular formula is C21H26ClN5S. The molecule has 0 bridgehead atoms. The molecule has 1 aliphatic heterocycles. The van der Waals surface area contributed by atoms with Crippen LogP contribution in [0.5, 0.6) is 0 Å². The number of thiophene rings is 1. The number of anilines is 1. The van der Waals surface area contributed by atoms with Gasteiger partial charge >= 0.3 is 0 Å². The molecule has 3 aromatic rings. The molecule has 1 aliphatic rings. The average Bonchev–Trinajstić information content (AvgIpc) is 3.11. The van der Waals surface area contributed by atoms with Crippen molar-refractivity contribution in [2.45, 2.75) is 19.4 Å². The maximum Gasteiger partial charge on any atom is 0.223 e. The molecule has 1 aromatic carbocycles. The molecule has 0 amide bonds. The first kappa shape index (κ1) is 19.6. The summed E-state index contributed by atoms with van der Waals surface area (Å²) in [6, 6.07) is 11.1. The maximum atomic E-state index is 6.39. The molecule has 5 nitrogen and oxygen atoms in total. The van der Waals surface area contributed by atoms with E-state index in [2.05, 4.69) is 69.4 Å². The molecule has 1 atom stereocenters. The molecule has 2 aromatic heterocycles. The topological polar surface area (TPSA) is 44.3 Å². The second kappa shape index (κ2) is 8.74. The van der Waals surface area contributed by atoms with Crippen molar-refractivity contribution in [2.75, 3.05) is 45.1 Å². The summed E-state index contributed by atoms with van der Waals surface area (Å²) in [4.78, 5) is 15.1. The molecule has 0 saturated carbocycles. The van der Waals surface area contributed by atoms with E-state index in [4.69, 9.17) is 11.6 Å². The van der Waals surface area contributed by atoms with Crippen LogP contribution in [0.15, 0.2) is 36.5 Å². The lowest BCUT2D eigenvalue weighted by Crippen LogP contribution is -2.50. The van der Waals surface area contributed by atoms with Crippen molar-refractivity contribution in [1.29, 1.82) is 0 Å². The Balaban J connectivity index is 1.37. The van der Waals surface area contributed by atoms with Gasteiger partial charge in [0.15, 0.2) is 0 Å². The van der Waals surface area contributed by atoms with Gasteiger partial charge in [0.05, 0.1) is 16.1 Å². The minimum Gasteiger partial charge on any atom is -0.354 e. The van der Waals surface area contributed by atoms with Crippen LogP contribution in [0.3, 0.4) is 0 Å². The van der Waals surface area contributed by atoms with Crippen LogP contribution in [0.1, 0.15) is 13.3 Å². The Labute approximate surface area is 175 Å². The molecule has 1 fully saturated rings. The van der Waals surface area contributed by atoms with Gasteiger partial charge in [-0.1, -0.05) is 29.8 Å². The molecule has 0 unspecified atom stereocenters. The Morgan fingerprint density at radius 1 is 1.29 bits per heavy atom. The summed E-state index contributed by atoms with van der Waals surface area (Å²) in [6.45, 7) is 7.70. The van der Waals surface area contributed by atoms with Crippen molar-refractivity contribution < 1.29 is 0 Å². The predicted molar refractivity (Wildman–Crippen MR) is 119 cm³/mol. The van der Waals surface area contributed by atoms with Crippen LogP contribution in [0, 0.1) is 0 Å². The number of hydrogen-bond acceptors (Lipinski definition) is 6. The van der Waals surface area contributed by atoms with Crippen LogP contribution in [-0.4, -0.2) is 65.6 Å². The highest BCUT2D eigenvalue weighted by molar-refractivity contribution is 7.22. The normalized spacial score (nSPS) is 18.6. The Morgan fingerprint density at radius 2 is 2.14 bits per heavy atom. The van der Waals surface area contributed by atoms with Crippen molar-refractivity contribution in [1.82, 2.24) is 19.8 Å². The van der Waals surface area contributed by atoms with E-state index in [-0.39, 0.29) is 0 Å². The number of rotatable bonds is 6. The van der Waals surface area contributed by atoms with Gasteiger partial charge in [-0.25, -0.2) is 9.97 Å². The fourth-order valence-corrected chi connectivity index (χ4v) is 5.03. The Bertz CT molecular complexity index is 910. The van der Waals surface area contributed by atoms with Crippen LogP contribution in [0.25, 0.3) is 20.7 Å². The van der Waals surface area contributed by atoms with Crippen LogP contribution in [0.2, 0.25) is 5.02 Å². The van der Waals surface area contributed by atoms with E-state index >= 15 is 0 Å². The number of likely N-dealkylation sites (N-methyl/N-ethyl adjacent to an activating group) is 1. The highest BCUT2D eigenvalue weighted by atomic mass is 35.5. The summed E-state index contributed by atoms with van der Waals surface area (Å²) in [5.74, 6) is 0.642. The number of benzene rings is 1. The number of hydrogen-bond donors (Lipinski definition) is 1. The molecule has 148 valence electrons. The van der Waals surface area contributed by atoms with E-state index in [0.717, 1.165) is 49.7 Å². The molecule has 3 heterocycles. The Kier molecular flexibility index (Phi) is 6.11. The molecular weight excluding hydrogens is 390 g/mol. The zero-order chi connectivity index (χ0) is 19.5. The summed E-state index contributed by atoms with van der Waals surface area (Å²) < 4.78 is 1.24. The first-order valence-corrected chi connectivity index (χ1v) is 11.0. The summed E-state index contributed by atoms with van der Waals surface area (Å²) in [5, 5.41) is 5.17. The standard InChI is InChI=1S/C21H26ClN5S/c1-15-14-26(2)10-11-27(15)9-5-8-23-21-24-13-17(22)20(25-21)19-12-16-6-3-4-7-18(16)28-19/h3-4,6-7,12-13,15H,5,8-11,14H2,1-2H3,(H,23,24,25)/t15-/m1/s1. The lowest BCUT2D eigenvalue weighted by Gasteiger charge is -2.38. The van der Waals surface area contributed by atoms with Gasteiger partial charge in [0.2, 0.25) is 5.95 Å². The minimum atomic E-state index is 0.586. The summed E-state index contributed by atoms with van der Waals surface area (Å²) >= 11 is 8.10. The number of nitrogens with zero attached hydrogens (tertiary/aromatic N) is 4. The van der Waals surface area contributed by atoms with E-state index in [9.17, 15) is 0 Å². The van der Waals surface area contributed by atoms with Gasteiger partial charge in [-0.05, 0) is 37.9 Å². The highest BCUT2D eigenvalue weighted by Gasteiger charge is 2.20. The second-order valence-electron chi connectivity index (χ2n) is 7.47. The summed E-state index contributed by atoms with van der Waals surface area (Å²) in [6.07, 6.45) is 2.76. The smallest absolute Gasteiger partial charge is 0.223 e. The number of halogens is 1. The van der Waals surface area contributed by atoms with Crippen molar-refractivity contribution in [3.05, 3.63) is 41.6 Å². The van der Waals surface area contributed by atoms with E-state index in [1.807, 2.05) is 0 Å². The number of nitrogens with one attached hydrogen (secondary N) is 1. The van der Waals surface area contributed by atoms with E-state index in [1.54, 1.807) is 17.5 Å². The van der Waals surface area contributed by atoms with E-state index in [1.165, 1.54) is 10.1 Å². The Hall–Kier alpha value is -1.73. The highest BCUT2D eigenvalue weighted by Crippen LogP contribution is 2.35. The monoisotopic (exact) mass is 415 g/mol.